The summed E-state index contributed by atoms with van der Waals surface area (Å²) in [7, 11) is 0. The molecule has 6 nitrogen and oxygen atoms in total. The highest BCUT2D eigenvalue weighted by Crippen LogP contribution is 2.16. The SMILES string of the molecule is CC(NC(=O)C(F)(F)F)C(=O)Nc1ccccc1C(N)=O. The first-order valence-electron chi connectivity index (χ1n) is 5.70. The number of alkyl halides is 3. The van der Waals surface area contributed by atoms with Gasteiger partial charge in [-0.2, -0.15) is 13.2 Å². The predicted octanol–water partition coefficient (Wildman–Crippen LogP) is 0.791. The van der Waals surface area contributed by atoms with Crippen LogP contribution in [0, 0.1) is 0 Å². The molecule has 114 valence electrons. The second-order valence-electron chi connectivity index (χ2n) is 4.09. The van der Waals surface area contributed by atoms with Crippen molar-refractivity contribution in [3.8, 4) is 0 Å². The highest BCUT2D eigenvalue weighted by atomic mass is 19.4. The summed E-state index contributed by atoms with van der Waals surface area (Å²) in [5, 5.41) is 3.72. The molecule has 0 saturated carbocycles. The van der Waals surface area contributed by atoms with Gasteiger partial charge in [0, 0.05) is 0 Å². The van der Waals surface area contributed by atoms with E-state index in [9.17, 15) is 27.6 Å². The molecule has 0 aliphatic rings. The van der Waals surface area contributed by atoms with Crippen molar-refractivity contribution in [1.82, 2.24) is 5.32 Å². The number of para-hydroxylation sites is 1. The molecule has 1 unspecified atom stereocenters. The van der Waals surface area contributed by atoms with Gasteiger partial charge in [0.05, 0.1) is 11.3 Å². The summed E-state index contributed by atoms with van der Waals surface area (Å²) in [4.78, 5) is 33.6. The Labute approximate surface area is 117 Å². The Balaban J connectivity index is 2.78. The van der Waals surface area contributed by atoms with E-state index in [1.54, 1.807) is 0 Å². The molecule has 1 aromatic rings. The summed E-state index contributed by atoms with van der Waals surface area (Å²) in [6, 6.07) is 4.26. The van der Waals surface area contributed by atoms with Gasteiger partial charge in [0.1, 0.15) is 6.04 Å². The monoisotopic (exact) mass is 303 g/mol. The minimum Gasteiger partial charge on any atom is -0.366 e. The molecule has 3 amide bonds. The summed E-state index contributed by atoms with van der Waals surface area (Å²) in [6.45, 7) is 1.08. The van der Waals surface area contributed by atoms with Crippen molar-refractivity contribution < 1.29 is 27.6 Å². The molecular formula is C12H12F3N3O3. The predicted molar refractivity (Wildman–Crippen MR) is 67.2 cm³/mol. The number of primary amides is 1. The molecule has 4 N–H and O–H groups in total. The lowest BCUT2D eigenvalue weighted by Crippen LogP contribution is -2.47. The molecule has 9 heteroatoms. The zero-order valence-corrected chi connectivity index (χ0v) is 10.8. The Morgan fingerprint density at radius 3 is 2.29 bits per heavy atom. The highest BCUT2D eigenvalue weighted by Gasteiger charge is 2.40. The van der Waals surface area contributed by atoms with Crippen molar-refractivity contribution in [1.29, 1.82) is 0 Å². The van der Waals surface area contributed by atoms with E-state index in [1.807, 2.05) is 0 Å². The number of nitrogens with one attached hydrogen (secondary N) is 2. The van der Waals surface area contributed by atoms with Crippen LogP contribution >= 0.6 is 0 Å². The summed E-state index contributed by atoms with van der Waals surface area (Å²) in [6.07, 6.45) is -5.08. The number of carbonyl (C=O) groups excluding carboxylic acids is 3. The molecule has 0 aromatic heterocycles. The molecule has 0 spiro atoms. The van der Waals surface area contributed by atoms with Crippen LogP contribution < -0.4 is 16.4 Å². The number of anilines is 1. The van der Waals surface area contributed by atoms with Gasteiger partial charge in [0.2, 0.25) is 5.91 Å². The van der Waals surface area contributed by atoms with E-state index in [4.69, 9.17) is 5.73 Å². The normalized spacial score (nSPS) is 12.4. The Bertz CT molecular complexity index is 572. The lowest BCUT2D eigenvalue weighted by Gasteiger charge is -2.16. The molecule has 0 saturated heterocycles. The zero-order chi connectivity index (χ0) is 16.2. The molecule has 0 aliphatic carbocycles. The zero-order valence-electron chi connectivity index (χ0n) is 10.8. The molecule has 0 bridgehead atoms. The van der Waals surface area contributed by atoms with E-state index in [0.717, 1.165) is 6.92 Å². The largest absolute Gasteiger partial charge is 0.471 e. The molecule has 1 rings (SSSR count). The topological polar surface area (TPSA) is 101 Å². The van der Waals surface area contributed by atoms with Gasteiger partial charge in [0.15, 0.2) is 0 Å². The quantitative estimate of drug-likeness (QED) is 0.766. The van der Waals surface area contributed by atoms with Gasteiger partial charge in [-0.3, -0.25) is 14.4 Å². The smallest absolute Gasteiger partial charge is 0.366 e. The van der Waals surface area contributed by atoms with Gasteiger partial charge in [-0.25, -0.2) is 0 Å². The molecule has 0 fully saturated rings. The first kappa shape index (κ1) is 16.5. The maximum Gasteiger partial charge on any atom is 0.471 e. The van der Waals surface area contributed by atoms with E-state index in [2.05, 4.69) is 5.32 Å². The van der Waals surface area contributed by atoms with E-state index in [1.165, 1.54) is 29.6 Å². The second-order valence-corrected chi connectivity index (χ2v) is 4.09. The van der Waals surface area contributed by atoms with E-state index in [-0.39, 0.29) is 11.3 Å². The average Bonchev–Trinajstić information content (AvgIpc) is 2.37. The Morgan fingerprint density at radius 2 is 1.76 bits per heavy atom. The Kier molecular flexibility index (Phi) is 4.90. The number of rotatable bonds is 4. The molecule has 0 radical (unpaired) electrons. The number of halogens is 3. The minimum absolute atomic E-state index is 0.000183. The summed E-state index contributed by atoms with van der Waals surface area (Å²) in [5.41, 5.74) is 5.14. The fourth-order valence-electron chi connectivity index (χ4n) is 1.39. The molecule has 0 heterocycles. The molecule has 1 aromatic carbocycles. The third kappa shape index (κ3) is 4.48. The van der Waals surface area contributed by atoms with Crippen molar-refractivity contribution in [3.63, 3.8) is 0 Å². The van der Waals surface area contributed by atoms with Gasteiger partial charge in [0.25, 0.3) is 5.91 Å². The van der Waals surface area contributed by atoms with Crippen molar-refractivity contribution in [2.24, 2.45) is 5.73 Å². The van der Waals surface area contributed by atoms with Gasteiger partial charge in [-0.1, -0.05) is 12.1 Å². The van der Waals surface area contributed by atoms with Gasteiger partial charge >= 0.3 is 12.1 Å². The number of hydrogen-bond donors (Lipinski definition) is 3. The number of nitrogens with two attached hydrogens (primary N) is 1. The Hall–Kier alpha value is -2.58. The molecule has 0 aliphatic heterocycles. The average molecular weight is 303 g/mol. The minimum atomic E-state index is -5.08. The van der Waals surface area contributed by atoms with Crippen LogP contribution in [0.15, 0.2) is 24.3 Å². The van der Waals surface area contributed by atoms with Gasteiger partial charge in [-0.05, 0) is 19.1 Å². The molecule has 1 atom stereocenters. The molecular weight excluding hydrogens is 291 g/mol. The van der Waals surface area contributed by atoms with Crippen LogP contribution in [-0.4, -0.2) is 29.9 Å². The van der Waals surface area contributed by atoms with Crippen LogP contribution in [0.25, 0.3) is 0 Å². The lowest BCUT2D eigenvalue weighted by molar-refractivity contribution is -0.174. The van der Waals surface area contributed by atoms with Gasteiger partial charge in [-0.15, -0.1) is 0 Å². The standard InChI is InChI=1S/C12H12F3N3O3/c1-6(17-11(21)12(13,14)15)10(20)18-8-5-3-2-4-7(8)9(16)19/h2-6H,1H3,(H2,16,19)(H,17,21)(H,18,20). The van der Waals surface area contributed by atoms with Crippen LogP contribution in [0.4, 0.5) is 18.9 Å². The molecule has 21 heavy (non-hydrogen) atoms. The summed E-state index contributed by atoms with van der Waals surface area (Å²) >= 11 is 0. The van der Waals surface area contributed by atoms with E-state index >= 15 is 0 Å². The van der Waals surface area contributed by atoms with Crippen LogP contribution in [0.1, 0.15) is 17.3 Å². The van der Waals surface area contributed by atoms with Crippen molar-refractivity contribution in [2.45, 2.75) is 19.1 Å². The maximum atomic E-state index is 12.1. The van der Waals surface area contributed by atoms with Crippen LogP contribution in [0.5, 0.6) is 0 Å². The summed E-state index contributed by atoms with van der Waals surface area (Å²) < 4.78 is 36.2. The van der Waals surface area contributed by atoms with Crippen molar-refractivity contribution in [3.05, 3.63) is 29.8 Å². The van der Waals surface area contributed by atoms with Crippen molar-refractivity contribution in [2.75, 3.05) is 5.32 Å². The number of amides is 3. The maximum absolute atomic E-state index is 12.1. The first-order valence-corrected chi connectivity index (χ1v) is 5.70. The number of benzene rings is 1. The second kappa shape index (κ2) is 6.25. The van der Waals surface area contributed by atoms with Crippen LogP contribution in [0.3, 0.4) is 0 Å². The summed E-state index contributed by atoms with van der Waals surface area (Å²) in [5.74, 6) is -3.95. The third-order valence-electron chi connectivity index (χ3n) is 2.45. The number of hydrogen-bond acceptors (Lipinski definition) is 3. The van der Waals surface area contributed by atoms with E-state index in [0.29, 0.717) is 0 Å². The Morgan fingerprint density at radius 1 is 1.19 bits per heavy atom. The first-order chi connectivity index (χ1) is 9.62. The van der Waals surface area contributed by atoms with Crippen LogP contribution in [0.2, 0.25) is 0 Å². The van der Waals surface area contributed by atoms with Crippen LogP contribution in [-0.2, 0) is 9.59 Å². The third-order valence-corrected chi connectivity index (χ3v) is 2.45. The lowest BCUT2D eigenvalue weighted by atomic mass is 10.1. The van der Waals surface area contributed by atoms with E-state index < -0.39 is 29.9 Å². The van der Waals surface area contributed by atoms with Crippen molar-refractivity contribution >= 4 is 23.4 Å². The highest BCUT2D eigenvalue weighted by molar-refractivity contribution is 6.04. The fourth-order valence-corrected chi connectivity index (χ4v) is 1.39. The van der Waals surface area contributed by atoms with Gasteiger partial charge < -0.3 is 16.4 Å². The number of carbonyl (C=O) groups is 3. The fraction of sp³-hybridized carbons (Fsp3) is 0.250.